The number of benzene rings is 2. The molecule has 13 amide bonds. The Morgan fingerprint density at radius 2 is 1.01 bits per heavy atom. The molecule has 524 valence electrons. The highest BCUT2D eigenvalue weighted by Crippen LogP contribution is 2.24. The molecular formula is C63H98N18O13S. The van der Waals surface area contributed by atoms with Gasteiger partial charge in [0.2, 0.25) is 76.8 Å². The maximum atomic E-state index is 14.7. The van der Waals surface area contributed by atoms with Crippen LogP contribution in [-0.2, 0) is 75.2 Å². The van der Waals surface area contributed by atoms with Gasteiger partial charge in [0.15, 0.2) is 5.96 Å². The minimum absolute atomic E-state index is 0.0736. The summed E-state index contributed by atoms with van der Waals surface area (Å²) in [4.78, 5) is 185. The van der Waals surface area contributed by atoms with Crippen LogP contribution in [0.1, 0.15) is 121 Å². The maximum absolute atomic E-state index is 14.7. The number of hydrogen-bond donors (Lipinski definition) is 15. The third-order valence-electron chi connectivity index (χ3n) is 16.0. The smallest absolute Gasteiger partial charge is 0.245 e. The average molecular weight is 1350 g/mol. The molecule has 2 heterocycles. The predicted molar refractivity (Wildman–Crippen MR) is 356 cm³/mol. The summed E-state index contributed by atoms with van der Waals surface area (Å²) in [6.07, 6.45) is 3.12. The highest BCUT2D eigenvalue weighted by Gasteiger charge is 2.42. The third-order valence-corrected chi connectivity index (χ3v) is 16.7. The summed E-state index contributed by atoms with van der Waals surface area (Å²) in [6, 6.07) is 4.51. The Hall–Kier alpha value is -8.91. The van der Waals surface area contributed by atoms with Crippen molar-refractivity contribution in [3.63, 3.8) is 0 Å². The number of hydrogen-bond acceptors (Lipinski definition) is 17. The highest BCUT2D eigenvalue weighted by molar-refractivity contribution is 7.98. The minimum Gasteiger partial charge on any atom is -0.370 e. The van der Waals surface area contributed by atoms with Crippen molar-refractivity contribution in [3.8, 4) is 0 Å². The number of guanidine groups is 1. The van der Waals surface area contributed by atoms with E-state index in [1.54, 1.807) is 60.7 Å². The zero-order valence-electron chi connectivity index (χ0n) is 54.5. The summed E-state index contributed by atoms with van der Waals surface area (Å²) in [6.45, 7) is 3.86. The predicted octanol–water partition coefficient (Wildman–Crippen LogP) is -3.71. The second-order valence-electron chi connectivity index (χ2n) is 24.1. The Bertz CT molecular complexity index is 2960. The summed E-state index contributed by atoms with van der Waals surface area (Å²) < 4.78 is 0. The number of nitrogens with zero attached hydrogens (tertiary/aromatic N) is 3. The second kappa shape index (κ2) is 41.0. The summed E-state index contributed by atoms with van der Waals surface area (Å²) in [5, 5.41) is 21.1. The van der Waals surface area contributed by atoms with E-state index in [-0.39, 0.29) is 83.0 Å². The molecule has 2 saturated heterocycles. The molecule has 0 unspecified atom stereocenters. The van der Waals surface area contributed by atoms with Crippen LogP contribution in [0, 0.1) is 5.92 Å². The van der Waals surface area contributed by atoms with Gasteiger partial charge in [-0.05, 0) is 119 Å². The average Bonchev–Trinajstić information content (AvgIpc) is 1.74. The van der Waals surface area contributed by atoms with Crippen LogP contribution in [0.4, 0.5) is 0 Å². The van der Waals surface area contributed by atoms with Crippen molar-refractivity contribution in [2.45, 2.75) is 183 Å². The summed E-state index contributed by atoms with van der Waals surface area (Å²) >= 11 is 1.45. The number of unbranched alkanes of at least 4 members (excludes halogenated alkanes) is 1. The van der Waals surface area contributed by atoms with Gasteiger partial charge in [-0.15, -0.1) is 0 Å². The van der Waals surface area contributed by atoms with Crippen LogP contribution >= 0.6 is 11.8 Å². The molecule has 2 aliphatic rings. The van der Waals surface area contributed by atoms with Crippen LogP contribution in [0.3, 0.4) is 0 Å². The van der Waals surface area contributed by atoms with Crippen molar-refractivity contribution in [3.05, 3.63) is 71.8 Å². The van der Waals surface area contributed by atoms with Gasteiger partial charge in [-0.2, -0.15) is 11.8 Å². The molecule has 31 nitrogen and oxygen atoms in total. The van der Waals surface area contributed by atoms with Crippen LogP contribution in [-0.4, -0.2) is 198 Å². The molecule has 0 radical (unpaired) electrons. The van der Waals surface area contributed by atoms with E-state index in [4.69, 9.17) is 40.1 Å². The lowest BCUT2D eigenvalue weighted by Crippen LogP contribution is -2.60. The van der Waals surface area contributed by atoms with Crippen LogP contribution < -0.4 is 82.7 Å². The molecule has 0 aliphatic carbocycles. The van der Waals surface area contributed by atoms with E-state index >= 15 is 0 Å². The number of amides is 13. The zero-order chi connectivity index (χ0) is 70.1. The molecule has 4 rings (SSSR count). The number of nitrogens with two attached hydrogens (primary N) is 7. The number of carbonyl (C=O) groups is 13. The molecule has 2 fully saturated rings. The second-order valence-corrected chi connectivity index (χ2v) is 25.1. The van der Waals surface area contributed by atoms with Gasteiger partial charge in [0, 0.05) is 45.3 Å². The fourth-order valence-corrected chi connectivity index (χ4v) is 11.5. The molecule has 0 saturated carbocycles. The minimum atomic E-state index is -1.64. The van der Waals surface area contributed by atoms with E-state index in [1.807, 2.05) is 20.1 Å². The Morgan fingerprint density at radius 1 is 0.537 bits per heavy atom. The van der Waals surface area contributed by atoms with E-state index < -0.39 is 169 Å². The molecular weight excluding hydrogens is 1250 g/mol. The summed E-state index contributed by atoms with van der Waals surface area (Å²) in [5.41, 5.74) is 40.6. The van der Waals surface area contributed by atoms with Gasteiger partial charge in [0.1, 0.15) is 54.4 Å². The van der Waals surface area contributed by atoms with Crippen LogP contribution in [0.15, 0.2) is 65.7 Å². The number of thioether (sulfide) groups is 1. The molecule has 0 spiro atoms. The standard InChI is InChI=1S/C63H98N18O13S/c1-37(2)33-45(57(89)74-41(53(68)85)27-32-95-3)73-52(84)36-72-54(86)46(34-38-15-6-4-7-16-38)78-58(90)47(35-39-17-8-5-9-18-39)79-56(88)42(23-25-50(66)82)75-55(87)43(24-26-51(67)83)76-59(91)49-22-14-31-81(49)62(94)44(20-10-11-28-64)77-60(92)48-21-13-30-80(48)61(93)40(65)19-12-29-71-63(69)70/h4-9,15-18,37,40-49H,10-14,19-36,64-65H2,1-3H3,(H2,66,82)(H2,67,83)(H2,68,85)(H,72,86)(H,73,84)(H,74,89)(H,75,87)(H,76,91)(H,77,92)(H,78,90)(H,79,88)(H4,69,70,71)/t40-,41+,42-,43+,44+,45+,46-,47-,48+,49-/m1/s1. The Balaban J connectivity index is 1.56. The van der Waals surface area contributed by atoms with Crippen molar-refractivity contribution in [1.82, 2.24) is 52.3 Å². The number of nitrogens with one attached hydrogen (secondary N) is 8. The first-order valence-corrected chi connectivity index (χ1v) is 33.6. The van der Waals surface area contributed by atoms with Crippen molar-refractivity contribution >= 4 is 94.5 Å². The monoisotopic (exact) mass is 1350 g/mol. The molecule has 22 N–H and O–H groups in total. The topological polar surface area (TPSA) is 519 Å². The van der Waals surface area contributed by atoms with Gasteiger partial charge in [0.25, 0.3) is 0 Å². The molecule has 2 aromatic carbocycles. The van der Waals surface area contributed by atoms with Gasteiger partial charge in [-0.25, -0.2) is 0 Å². The molecule has 2 aliphatic heterocycles. The van der Waals surface area contributed by atoms with Gasteiger partial charge in [-0.1, -0.05) is 74.5 Å². The highest BCUT2D eigenvalue weighted by atomic mass is 32.2. The van der Waals surface area contributed by atoms with Crippen molar-refractivity contribution in [2.75, 3.05) is 44.7 Å². The SMILES string of the molecule is CSCC[C@H](NC(=O)[C@H](CC(C)C)NC(=O)CNC(=O)[C@@H](Cc1ccccc1)NC(=O)[C@@H](Cc1ccccc1)NC(=O)[C@@H](CCC(N)=O)NC(=O)[C@H](CCC(N)=O)NC(=O)[C@H]1CCCN1C(=O)[C@H](CCCCN)NC(=O)[C@@H]1CCCN1C(=O)[C@H](N)CCCN=C(N)N)C(N)=O. The number of aliphatic imine (C=N–C) groups is 1. The van der Waals surface area contributed by atoms with E-state index in [9.17, 15) is 62.3 Å². The van der Waals surface area contributed by atoms with Gasteiger partial charge < -0.3 is 92.5 Å². The van der Waals surface area contributed by atoms with Crippen molar-refractivity contribution in [1.29, 1.82) is 0 Å². The molecule has 32 heteroatoms. The largest absolute Gasteiger partial charge is 0.370 e. The Labute approximate surface area is 558 Å². The lowest BCUT2D eigenvalue weighted by atomic mass is 10.0. The van der Waals surface area contributed by atoms with Gasteiger partial charge in [0.05, 0.1) is 12.6 Å². The first-order chi connectivity index (χ1) is 45.2. The first-order valence-electron chi connectivity index (χ1n) is 32.2. The fraction of sp³-hybridized carbons (Fsp3) is 0.587. The van der Waals surface area contributed by atoms with Crippen LogP contribution in [0.2, 0.25) is 0 Å². The van der Waals surface area contributed by atoms with Crippen LogP contribution in [0.5, 0.6) is 0 Å². The fourth-order valence-electron chi connectivity index (χ4n) is 11.0. The maximum Gasteiger partial charge on any atom is 0.245 e. The summed E-state index contributed by atoms with van der Waals surface area (Å²) in [5.74, 6) is -9.80. The third kappa shape index (κ3) is 27.5. The number of rotatable bonds is 42. The molecule has 2 aromatic rings. The van der Waals surface area contributed by atoms with E-state index in [1.165, 1.54) is 21.6 Å². The normalized spacial score (nSPS) is 16.8. The lowest BCUT2D eigenvalue weighted by molar-refractivity contribution is -0.144. The lowest BCUT2D eigenvalue weighted by Gasteiger charge is -2.32. The van der Waals surface area contributed by atoms with E-state index in [0.29, 0.717) is 55.4 Å². The van der Waals surface area contributed by atoms with E-state index in [2.05, 4.69) is 47.5 Å². The first kappa shape index (κ1) is 78.5. The zero-order valence-corrected chi connectivity index (χ0v) is 55.3. The van der Waals surface area contributed by atoms with E-state index in [0.717, 1.165) is 0 Å². The number of primary amides is 3. The number of carbonyl (C=O) groups excluding carboxylic acids is 13. The molecule has 0 bridgehead atoms. The quantitative estimate of drug-likeness (QED) is 0.0173. The van der Waals surface area contributed by atoms with Crippen LogP contribution in [0.25, 0.3) is 0 Å². The van der Waals surface area contributed by atoms with Gasteiger partial charge >= 0.3 is 0 Å². The molecule has 0 aromatic heterocycles. The Kier molecular flexibility index (Phi) is 33.9. The Morgan fingerprint density at radius 3 is 1.51 bits per heavy atom. The molecule has 10 atom stereocenters. The number of likely N-dealkylation sites (tertiary alicyclic amines) is 2. The van der Waals surface area contributed by atoms with Gasteiger partial charge in [-0.3, -0.25) is 67.3 Å². The molecule has 95 heavy (non-hydrogen) atoms. The van der Waals surface area contributed by atoms with Crippen molar-refractivity contribution < 1.29 is 62.3 Å². The van der Waals surface area contributed by atoms with Crippen molar-refractivity contribution in [2.24, 2.45) is 51.0 Å². The summed E-state index contributed by atoms with van der Waals surface area (Å²) in [7, 11) is 0.